The number of nitrogens with one attached hydrogen (secondary N) is 1. The second kappa shape index (κ2) is 9.61. The molecule has 1 fully saturated rings. The third-order valence-corrected chi connectivity index (χ3v) is 4.89. The van der Waals surface area contributed by atoms with Crippen molar-refractivity contribution in [2.24, 2.45) is 0 Å². The lowest BCUT2D eigenvalue weighted by atomic mass is 10.2. The molecule has 0 amide bonds. The first-order chi connectivity index (χ1) is 13.5. The zero-order valence-electron chi connectivity index (χ0n) is 15.9. The predicted octanol–water partition coefficient (Wildman–Crippen LogP) is 3.86. The number of carbonyl (C=O) groups is 1. The van der Waals surface area contributed by atoms with E-state index in [1.165, 1.54) is 12.1 Å². The summed E-state index contributed by atoms with van der Waals surface area (Å²) in [5, 5.41) is 3.88. The lowest BCUT2D eigenvalue weighted by Gasteiger charge is -2.37. The molecule has 1 N–H and O–H groups in total. The molecule has 2 aromatic rings. The van der Waals surface area contributed by atoms with E-state index >= 15 is 0 Å². The maximum atomic E-state index is 13.1. The summed E-state index contributed by atoms with van der Waals surface area (Å²) >= 11 is 5.56. The van der Waals surface area contributed by atoms with Gasteiger partial charge in [-0.05, 0) is 67.5 Å². The second-order valence-electron chi connectivity index (χ2n) is 6.67. The summed E-state index contributed by atoms with van der Waals surface area (Å²) in [6, 6.07) is 13.7. The van der Waals surface area contributed by atoms with Crippen LogP contribution in [0.5, 0.6) is 0 Å². The minimum atomic E-state index is -0.330. The maximum absolute atomic E-state index is 13.1. The first-order valence-corrected chi connectivity index (χ1v) is 9.76. The Labute approximate surface area is 170 Å². The van der Waals surface area contributed by atoms with Gasteiger partial charge in [0.05, 0.1) is 18.8 Å². The van der Waals surface area contributed by atoms with Crippen molar-refractivity contribution >= 4 is 29.0 Å². The largest absolute Gasteiger partial charge is 0.462 e. The van der Waals surface area contributed by atoms with Crippen molar-refractivity contribution in [1.82, 2.24) is 9.80 Å². The van der Waals surface area contributed by atoms with Gasteiger partial charge < -0.3 is 15.0 Å². The van der Waals surface area contributed by atoms with Crippen molar-refractivity contribution in [1.29, 1.82) is 0 Å². The molecular weight excluding hydrogens is 377 g/mol. The molecule has 0 atom stereocenters. The number of esters is 1. The minimum absolute atomic E-state index is 0.219. The molecule has 1 aliphatic heterocycles. The first-order valence-electron chi connectivity index (χ1n) is 9.35. The van der Waals surface area contributed by atoms with Gasteiger partial charge in [0.2, 0.25) is 0 Å². The highest BCUT2D eigenvalue weighted by Crippen LogP contribution is 2.15. The van der Waals surface area contributed by atoms with Crippen LogP contribution in [-0.2, 0) is 11.3 Å². The summed E-state index contributed by atoms with van der Waals surface area (Å²) in [5.41, 5.74) is 2.42. The fraction of sp³-hybridized carbons (Fsp3) is 0.333. The van der Waals surface area contributed by atoms with E-state index in [2.05, 4.69) is 15.1 Å². The van der Waals surface area contributed by atoms with Gasteiger partial charge in [-0.3, -0.25) is 4.90 Å². The van der Waals surface area contributed by atoms with Gasteiger partial charge in [-0.1, -0.05) is 12.1 Å². The highest BCUT2D eigenvalue weighted by atomic mass is 32.1. The summed E-state index contributed by atoms with van der Waals surface area (Å²) in [5.74, 6) is -0.549. The van der Waals surface area contributed by atoms with Crippen LogP contribution in [0.4, 0.5) is 10.1 Å². The molecule has 0 saturated carbocycles. The molecule has 0 bridgehead atoms. The molecule has 3 rings (SSSR count). The van der Waals surface area contributed by atoms with Crippen LogP contribution in [0.1, 0.15) is 29.3 Å². The molecule has 1 aliphatic rings. The molecule has 2 aromatic carbocycles. The topological polar surface area (TPSA) is 44.8 Å². The number of thiocarbonyl (C=S) groups is 1. The Hall–Kier alpha value is -2.51. The Morgan fingerprint density at radius 1 is 1.14 bits per heavy atom. The lowest BCUT2D eigenvalue weighted by molar-refractivity contribution is 0.0526. The van der Waals surface area contributed by atoms with Gasteiger partial charge in [0.25, 0.3) is 0 Å². The molecule has 5 nitrogen and oxygen atoms in total. The SMILES string of the molecule is CCOC(=O)c1ccc(NC(=S)N2CCCN(Cc3ccc(F)cc3)C2)cc1. The minimum Gasteiger partial charge on any atom is -0.462 e. The number of benzene rings is 2. The molecule has 0 radical (unpaired) electrons. The van der Waals surface area contributed by atoms with E-state index < -0.39 is 0 Å². The Kier molecular flexibility index (Phi) is 6.95. The number of rotatable bonds is 5. The summed E-state index contributed by atoms with van der Waals surface area (Å²) in [7, 11) is 0. The number of hydrogen-bond acceptors (Lipinski definition) is 4. The van der Waals surface area contributed by atoms with Crippen LogP contribution in [0.25, 0.3) is 0 Å². The van der Waals surface area contributed by atoms with Crippen molar-refractivity contribution < 1.29 is 13.9 Å². The molecule has 7 heteroatoms. The number of anilines is 1. The zero-order valence-corrected chi connectivity index (χ0v) is 16.7. The molecular formula is C21H24FN3O2S. The van der Waals surface area contributed by atoms with Gasteiger partial charge in [-0.2, -0.15) is 0 Å². The molecule has 0 unspecified atom stereocenters. The van der Waals surface area contributed by atoms with E-state index in [-0.39, 0.29) is 11.8 Å². The lowest BCUT2D eigenvalue weighted by Crippen LogP contribution is -2.48. The number of nitrogens with zero attached hydrogens (tertiary/aromatic N) is 2. The predicted molar refractivity (Wildman–Crippen MR) is 112 cm³/mol. The third-order valence-electron chi connectivity index (χ3n) is 4.53. The van der Waals surface area contributed by atoms with Crippen molar-refractivity contribution in [3.05, 3.63) is 65.5 Å². The molecule has 0 aromatic heterocycles. The van der Waals surface area contributed by atoms with Crippen LogP contribution in [0, 0.1) is 5.82 Å². The van der Waals surface area contributed by atoms with Crippen LogP contribution in [-0.4, -0.2) is 47.2 Å². The van der Waals surface area contributed by atoms with E-state index in [0.717, 1.165) is 37.3 Å². The van der Waals surface area contributed by atoms with Gasteiger partial charge in [0.15, 0.2) is 5.11 Å². The summed E-state index contributed by atoms with van der Waals surface area (Å²) in [6.07, 6.45) is 1.00. The molecule has 0 spiro atoms. The Bertz CT molecular complexity index is 811. The van der Waals surface area contributed by atoms with Crippen LogP contribution in [0.2, 0.25) is 0 Å². The number of carbonyl (C=O) groups excluding carboxylic acids is 1. The molecule has 0 aliphatic carbocycles. The Morgan fingerprint density at radius 2 is 1.86 bits per heavy atom. The van der Waals surface area contributed by atoms with Crippen LogP contribution in [0.15, 0.2) is 48.5 Å². The highest BCUT2D eigenvalue weighted by molar-refractivity contribution is 7.80. The number of ether oxygens (including phenoxy) is 1. The van der Waals surface area contributed by atoms with Crippen LogP contribution >= 0.6 is 12.2 Å². The highest BCUT2D eigenvalue weighted by Gasteiger charge is 2.20. The number of hydrogen-bond donors (Lipinski definition) is 1. The van der Waals surface area contributed by atoms with Crippen molar-refractivity contribution in [2.45, 2.75) is 19.9 Å². The second-order valence-corrected chi connectivity index (χ2v) is 7.05. The van der Waals surface area contributed by atoms with Crippen LogP contribution in [0.3, 0.4) is 0 Å². The van der Waals surface area contributed by atoms with Crippen molar-refractivity contribution in [3.8, 4) is 0 Å². The summed E-state index contributed by atoms with van der Waals surface area (Å²) in [6.45, 7) is 5.46. The van der Waals surface area contributed by atoms with Gasteiger partial charge in [-0.15, -0.1) is 0 Å². The standard InChI is InChI=1S/C21H24FN3O2S/c1-2-27-20(26)17-6-10-19(11-7-17)23-21(28)25-13-3-12-24(15-25)14-16-4-8-18(22)9-5-16/h4-11H,2-3,12-15H2,1H3,(H,23,28). The van der Waals surface area contributed by atoms with Gasteiger partial charge >= 0.3 is 5.97 Å². The normalized spacial score (nSPS) is 14.6. The quantitative estimate of drug-likeness (QED) is 0.606. The molecule has 1 saturated heterocycles. The zero-order chi connectivity index (χ0) is 19.9. The smallest absolute Gasteiger partial charge is 0.338 e. The van der Waals surface area contributed by atoms with Gasteiger partial charge in [-0.25, -0.2) is 9.18 Å². The van der Waals surface area contributed by atoms with Gasteiger partial charge in [0.1, 0.15) is 5.82 Å². The van der Waals surface area contributed by atoms with Gasteiger partial charge in [0, 0.05) is 25.3 Å². The Morgan fingerprint density at radius 3 is 2.54 bits per heavy atom. The number of halogens is 1. The Balaban J connectivity index is 1.55. The van der Waals surface area contributed by atoms with E-state index in [0.29, 0.717) is 24.0 Å². The third kappa shape index (κ3) is 5.50. The van der Waals surface area contributed by atoms with E-state index in [1.807, 2.05) is 24.3 Å². The van der Waals surface area contributed by atoms with E-state index in [1.54, 1.807) is 19.1 Å². The van der Waals surface area contributed by atoms with Crippen molar-refractivity contribution in [2.75, 3.05) is 31.7 Å². The maximum Gasteiger partial charge on any atom is 0.338 e. The van der Waals surface area contributed by atoms with Crippen molar-refractivity contribution in [3.63, 3.8) is 0 Å². The fourth-order valence-electron chi connectivity index (χ4n) is 3.12. The molecule has 28 heavy (non-hydrogen) atoms. The summed E-state index contributed by atoms with van der Waals surface area (Å²) in [4.78, 5) is 16.1. The van der Waals surface area contributed by atoms with E-state index in [4.69, 9.17) is 17.0 Å². The summed E-state index contributed by atoms with van der Waals surface area (Å²) < 4.78 is 18.1. The average Bonchev–Trinajstić information content (AvgIpc) is 2.71. The first kappa shape index (κ1) is 20.2. The fourth-order valence-corrected chi connectivity index (χ4v) is 3.38. The van der Waals surface area contributed by atoms with Crippen LogP contribution < -0.4 is 5.32 Å². The van der Waals surface area contributed by atoms with E-state index in [9.17, 15) is 9.18 Å². The molecule has 148 valence electrons. The monoisotopic (exact) mass is 401 g/mol. The molecule has 1 heterocycles. The average molecular weight is 402 g/mol.